The molecule has 96 valence electrons. The molecule has 0 aliphatic carbocycles. The third-order valence-electron chi connectivity index (χ3n) is 3.00. The van der Waals surface area contributed by atoms with Crippen LogP contribution in [0.1, 0.15) is 17.0 Å². The van der Waals surface area contributed by atoms with Gasteiger partial charge in [-0.1, -0.05) is 12.1 Å². The molecule has 2 aromatic rings. The number of hydrogen-bond donors (Lipinski definition) is 1. The first kappa shape index (κ1) is 12.6. The highest BCUT2D eigenvalue weighted by molar-refractivity contribution is 5.36. The summed E-state index contributed by atoms with van der Waals surface area (Å²) in [6.45, 7) is 6.00. The summed E-state index contributed by atoms with van der Waals surface area (Å²) in [4.78, 5) is 4.18. The Labute approximate surface area is 107 Å². The van der Waals surface area contributed by atoms with Crippen molar-refractivity contribution in [2.24, 2.45) is 5.73 Å². The Kier molecular flexibility index (Phi) is 3.99. The molecular formula is C14H19N3O. The summed E-state index contributed by atoms with van der Waals surface area (Å²) >= 11 is 0. The Hall–Kier alpha value is -1.81. The lowest BCUT2D eigenvalue weighted by Gasteiger charge is -2.11. The standard InChI is InChI=1S/C14H19N3O/c1-11-3-4-13(10-15)9-14(11)18-8-7-17-6-5-16-12(17)2/h3-6,9H,7-8,10,15H2,1-2H3. The van der Waals surface area contributed by atoms with Crippen molar-refractivity contribution in [2.75, 3.05) is 6.61 Å². The Balaban J connectivity index is 1.96. The second-order valence-corrected chi connectivity index (χ2v) is 4.32. The van der Waals surface area contributed by atoms with Gasteiger partial charge in [0.05, 0.1) is 6.54 Å². The molecule has 0 spiro atoms. The van der Waals surface area contributed by atoms with Crippen LogP contribution in [0.3, 0.4) is 0 Å². The first-order valence-electron chi connectivity index (χ1n) is 6.11. The summed E-state index contributed by atoms with van der Waals surface area (Å²) in [7, 11) is 0. The van der Waals surface area contributed by atoms with E-state index in [4.69, 9.17) is 10.5 Å². The van der Waals surface area contributed by atoms with Gasteiger partial charge < -0.3 is 15.0 Å². The van der Waals surface area contributed by atoms with Gasteiger partial charge in [-0.15, -0.1) is 0 Å². The molecule has 0 bridgehead atoms. The van der Waals surface area contributed by atoms with E-state index in [-0.39, 0.29) is 0 Å². The monoisotopic (exact) mass is 245 g/mol. The smallest absolute Gasteiger partial charge is 0.122 e. The zero-order chi connectivity index (χ0) is 13.0. The van der Waals surface area contributed by atoms with Gasteiger partial charge in [-0.2, -0.15) is 0 Å². The largest absolute Gasteiger partial charge is 0.491 e. The molecular weight excluding hydrogens is 226 g/mol. The Bertz CT molecular complexity index is 520. The van der Waals surface area contributed by atoms with Gasteiger partial charge in [0, 0.05) is 18.9 Å². The number of benzene rings is 1. The zero-order valence-corrected chi connectivity index (χ0v) is 10.9. The van der Waals surface area contributed by atoms with Crippen LogP contribution in [0.2, 0.25) is 0 Å². The minimum atomic E-state index is 0.539. The van der Waals surface area contributed by atoms with Crippen LogP contribution in [0.5, 0.6) is 5.75 Å². The van der Waals surface area contributed by atoms with E-state index < -0.39 is 0 Å². The number of nitrogens with zero attached hydrogens (tertiary/aromatic N) is 2. The van der Waals surface area contributed by atoms with E-state index in [9.17, 15) is 0 Å². The molecule has 1 aromatic heterocycles. The summed E-state index contributed by atoms with van der Waals surface area (Å²) < 4.78 is 7.87. The van der Waals surface area contributed by atoms with Crippen molar-refractivity contribution in [2.45, 2.75) is 26.9 Å². The molecule has 0 radical (unpaired) electrons. The second-order valence-electron chi connectivity index (χ2n) is 4.32. The molecule has 0 fully saturated rings. The molecule has 0 saturated carbocycles. The quantitative estimate of drug-likeness (QED) is 0.877. The van der Waals surface area contributed by atoms with Crippen molar-refractivity contribution in [3.63, 3.8) is 0 Å². The van der Waals surface area contributed by atoms with Crippen molar-refractivity contribution in [1.29, 1.82) is 0 Å². The fraction of sp³-hybridized carbons (Fsp3) is 0.357. The molecule has 0 amide bonds. The molecule has 1 aromatic carbocycles. The predicted octanol–water partition coefficient (Wildman–Crippen LogP) is 2.04. The third-order valence-corrected chi connectivity index (χ3v) is 3.00. The van der Waals surface area contributed by atoms with Crippen molar-refractivity contribution in [1.82, 2.24) is 9.55 Å². The maximum Gasteiger partial charge on any atom is 0.122 e. The van der Waals surface area contributed by atoms with Crippen LogP contribution in [-0.2, 0) is 13.1 Å². The fourth-order valence-electron chi connectivity index (χ4n) is 1.82. The Morgan fingerprint density at radius 1 is 1.33 bits per heavy atom. The highest BCUT2D eigenvalue weighted by Gasteiger charge is 2.02. The summed E-state index contributed by atoms with van der Waals surface area (Å²) in [5.41, 5.74) is 7.85. The van der Waals surface area contributed by atoms with Crippen LogP contribution in [-0.4, -0.2) is 16.2 Å². The Morgan fingerprint density at radius 3 is 2.83 bits per heavy atom. The summed E-state index contributed by atoms with van der Waals surface area (Å²) in [6, 6.07) is 6.08. The van der Waals surface area contributed by atoms with Crippen LogP contribution in [0.25, 0.3) is 0 Å². The van der Waals surface area contributed by atoms with Crippen molar-refractivity contribution in [3.05, 3.63) is 47.5 Å². The van der Waals surface area contributed by atoms with Gasteiger partial charge >= 0.3 is 0 Å². The number of hydrogen-bond acceptors (Lipinski definition) is 3. The van der Waals surface area contributed by atoms with Gasteiger partial charge in [0.15, 0.2) is 0 Å². The lowest BCUT2D eigenvalue weighted by atomic mass is 10.1. The van der Waals surface area contributed by atoms with Crippen molar-refractivity contribution >= 4 is 0 Å². The maximum absolute atomic E-state index is 5.80. The summed E-state index contributed by atoms with van der Waals surface area (Å²) in [5.74, 6) is 1.92. The molecule has 0 saturated heterocycles. The van der Waals surface area contributed by atoms with E-state index in [1.54, 1.807) is 6.20 Å². The predicted molar refractivity (Wildman–Crippen MR) is 71.5 cm³/mol. The summed E-state index contributed by atoms with van der Waals surface area (Å²) in [5, 5.41) is 0. The van der Waals surface area contributed by atoms with Gasteiger partial charge in [0.25, 0.3) is 0 Å². The number of aryl methyl sites for hydroxylation is 2. The summed E-state index contributed by atoms with van der Waals surface area (Å²) in [6.07, 6.45) is 3.76. The number of imidazole rings is 1. The highest BCUT2D eigenvalue weighted by atomic mass is 16.5. The van der Waals surface area contributed by atoms with Gasteiger partial charge in [-0.25, -0.2) is 4.98 Å². The van der Waals surface area contributed by atoms with E-state index >= 15 is 0 Å². The van der Waals surface area contributed by atoms with Crippen LogP contribution < -0.4 is 10.5 Å². The average molecular weight is 245 g/mol. The van der Waals surface area contributed by atoms with Gasteiger partial charge in [0.1, 0.15) is 18.2 Å². The van der Waals surface area contributed by atoms with E-state index in [1.807, 2.05) is 38.2 Å². The normalized spacial score (nSPS) is 10.6. The molecule has 1 heterocycles. The van der Waals surface area contributed by atoms with Crippen LogP contribution in [0.15, 0.2) is 30.6 Å². The minimum absolute atomic E-state index is 0.539. The molecule has 0 atom stereocenters. The van der Waals surface area contributed by atoms with Crippen molar-refractivity contribution in [3.8, 4) is 5.75 Å². The fourth-order valence-corrected chi connectivity index (χ4v) is 1.82. The molecule has 4 nitrogen and oxygen atoms in total. The first-order valence-corrected chi connectivity index (χ1v) is 6.11. The van der Waals surface area contributed by atoms with Gasteiger partial charge in [-0.3, -0.25) is 0 Å². The molecule has 4 heteroatoms. The number of aromatic nitrogens is 2. The average Bonchev–Trinajstić information content (AvgIpc) is 2.77. The van der Waals surface area contributed by atoms with Gasteiger partial charge in [0.2, 0.25) is 0 Å². The van der Waals surface area contributed by atoms with Gasteiger partial charge in [-0.05, 0) is 31.0 Å². The molecule has 2 N–H and O–H groups in total. The second kappa shape index (κ2) is 5.69. The Morgan fingerprint density at radius 2 is 2.17 bits per heavy atom. The minimum Gasteiger partial charge on any atom is -0.491 e. The van der Waals surface area contributed by atoms with Crippen molar-refractivity contribution < 1.29 is 4.74 Å². The first-order chi connectivity index (χ1) is 8.70. The molecule has 0 aliphatic rings. The molecule has 18 heavy (non-hydrogen) atoms. The topological polar surface area (TPSA) is 53.1 Å². The van der Waals surface area contributed by atoms with E-state index in [1.165, 1.54) is 0 Å². The highest BCUT2D eigenvalue weighted by Crippen LogP contribution is 2.19. The molecule has 0 aliphatic heterocycles. The van der Waals surface area contributed by atoms with Crippen LogP contribution in [0.4, 0.5) is 0 Å². The lowest BCUT2D eigenvalue weighted by molar-refractivity contribution is 0.295. The number of ether oxygens (including phenoxy) is 1. The van der Waals surface area contributed by atoms with E-state index in [2.05, 4.69) is 9.55 Å². The van der Waals surface area contributed by atoms with E-state index in [0.717, 1.165) is 29.2 Å². The molecule has 0 unspecified atom stereocenters. The van der Waals surface area contributed by atoms with Crippen LogP contribution >= 0.6 is 0 Å². The van der Waals surface area contributed by atoms with E-state index in [0.29, 0.717) is 13.2 Å². The maximum atomic E-state index is 5.80. The zero-order valence-electron chi connectivity index (χ0n) is 10.9. The SMILES string of the molecule is Cc1ccc(CN)cc1OCCn1ccnc1C. The lowest BCUT2D eigenvalue weighted by Crippen LogP contribution is -2.09. The molecule has 2 rings (SSSR count). The number of rotatable bonds is 5. The number of nitrogens with two attached hydrogens (primary N) is 1. The van der Waals surface area contributed by atoms with Crippen LogP contribution in [0, 0.1) is 13.8 Å². The third kappa shape index (κ3) is 2.90.